The summed E-state index contributed by atoms with van der Waals surface area (Å²) < 4.78 is 1.73. The number of Topliss-reactive ketones (excluding diaryl/α,β-unsaturated/α-hetero) is 1. The first-order valence-corrected chi connectivity index (χ1v) is 11.3. The molecule has 0 saturated heterocycles. The summed E-state index contributed by atoms with van der Waals surface area (Å²) in [4.78, 5) is 49.7. The molecular formula is C24H30N6O5. The largest absolute Gasteiger partial charge is 0.503 e. The van der Waals surface area contributed by atoms with E-state index < -0.39 is 6.16 Å². The van der Waals surface area contributed by atoms with Gasteiger partial charge in [-0.2, -0.15) is 4.98 Å². The van der Waals surface area contributed by atoms with Gasteiger partial charge in [0.05, 0.1) is 17.4 Å². The van der Waals surface area contributed by atoms with E-state index in [1.807, 2.05) is 31.1 Å². The molecule has 1 saturated carbocycles. The first-order valence-electron chi connectivity index (χ1n) is 11.3. The van der Waals surface area contributed by atoms with Crippen molar-refractivity contribution in [2.24, 2.45) is 0 Å². The third kappa shape index (κ3) is 5.92. The Morgan fingerprint density at radius 1 is 1.09 bits per heavy atom. The Labute approximate surface area is 202 Å². The molecule has 11 heteroatoms. The molecule has 1 aliphatic carbocycles. The number of aromatic nitrogens is 4. The first kappa shape index (κ1) is 25.6. The maximum atomic E-state index is 13.4. The predicted octanol–water partition coefficient (Wildman–Crippen LogP) is 4.23. The lowest BCUT2D eigenvalue weighted by atomic mass is 9.94. The van der Waals surface area contributed by atoms with Crippen molar-refractivity contribution in [3.63, 3.8) is 0 Å². The van der Waals surface area contributed by atoms with Crippen LogP contribution in [-0.4, -0.2) is 55.8 Å². The van der Waals surface area contributed by atoms with E-state index in [0.717, 1.165) is 36.8 Å². The van der Waals surface area contributed by atoms with Gasteiger partial charge < -0.3 is 20.4 Å². The Hall–Kier alpha value is -4.02. The minimum Gasteiger partial charge on any atom is -0.450 e. The van der Waals surface area contributed by atoms with Crippen LogP contribution in [0.4, 0.5) is 22.2 Å². The molecule has 11 nitrogen and oxygen atoms in total. The van der Waals surface area contributed by atoms with Crippen molar-refractivity contribution in [2.75, 3.05) is 24.3 Å². The smallest absolute Gasteiger partial charge is 0.450 e. The van der Waals surface area contributed by atoms with Crippen LogP contribution in [-0.2, 0) is 0 Å². The van der Waals surface area contributed by atoms with Gasteiger partial charge in [-0.3, -0.25) is 14.2 Å². The number of rotatable bonds is 5. The van der Waals surface area contributed by atoms with E-state index in [9.17, 15) is 9.59 Å². The number of fused-ring (bicyclic) bond motifs is 1. The summed E-state index contributed by atoms with van der Waals surface area (Å²) in [5, 5.41) is 17.8. The summed E-state index contributed by atoms with van der Waals surface area (Å²) in [6.45, 7) is 3.24. The van der Waals surface area contributed by atoms with Gasteiger partial charge in [0.15, 0.2) is 5.78 Å². The molecule has 3 N–H and O–H groups in total. The van der Waals surface area contributed by atoms with Gasteiger partial charge in [0.2, 0.25) is 5.95 Å². The van der Waals surface area contributed by atoms with E-state index >= 15 is 0 Å². The highest BCUT2D eigenvalue weighted by molar-refractivity contribution is 5.99. The van der Waals surface area contributed by atoms with Crippen LogP contribution in [0, 0.1) is 6.92 Å². The van der Waals surface area contributed by atoms with Crippen molar-refractivity contribution in [1.29, 1.82) is 0 Å². The number of nitrogens with one attached hydrogen (secondary N) is 1. The lowest BCUT2D eigenvalue weighted by molar-refractivity contribution is 0.101. The molecule has 3 aromatic heterocycles. The molecule has 3 aromatic rings. The minimum atomic E-state index is -1.83. The SMILES string of the molecule is CC(=O)c1c(C)c2cnc(Nc3ccc(N(C)C)cn3)nc2n(C2CCCCC2)c1=O.O=C(O)O. The Morgan fingerprint density at radius 2 is 1.74 bits per heavy atom. The van der Waals surface area contributed by atoms with Crippen LogP contribution in [0.5, 0.6) is 0 Å². The molecule has 1 aliphatic rings. The summed E-state index contributed by atoms with van der Waals surface area (Å²) in [5.41, 5.74) is 2.19. The summed E-state index contributed by atoms with van der Waals surface area (Å²) in [5.74, 6) is 0.770. The Kier molecular flexibility index (Phi) is 8.00. The molecule has 0 aromatic carbocycles. The van der Waals surface area contributed by atoms with Crippen LogP contribution >= 0.6 is 0 Å². The number of carboxylic acid groups (broad SMARTS) is 2. The lowest BCUT2D eigenvalue weighted by Crippen LogP contribution is -2.32. The highest BCUT2D eigenvalue weighted by atomic mass is 16.6. The van der Waals surface area contributed by atoms with Gasteiger partial charge in [-0.1, -0.05) is 19.3 Å². The van der Waals surface area contributed by atoms with Crippen LogP contribution in [0.25, 0.3) is 11.0 Å². The molecule has 0 spiro atoms. The normalized spacial score (nSPS) is 13.6. The molecule has 0 aliphatic heterocycles. The van der Waals surface area contributed by atoms with E-state index in [-0.39, 0.29) is 22.9 Å². The molecule has 0 bridgehead atoms. The first-order chi connectivity index (χ1) is 16.6. The minimum absolute atomic E-state index is 0.0442. The molecule has 4 rings (SSSR count). The highest BCUT2D eigenvalue weighted by Crippen LogP contribution is 2.31. The van der Waals surface area contributed by atoms with Gasteiger partial charge in [-0.05, 0) is 44.4 Å². The van der Waals surface area contributed by atoms with Crippen LogP contribution in [0.15, 0.2) is 29.3 Å². The second kappa shape index (κ2) is 10.9. The summed E-state index contributed by atoms with van der Waals surface area (Å²) in [6, 6.07) is 3.86. The van der Waals surface area contributed by atoms with Crippen LogP contribution in [0.1, 0.15) is 61.0 Å². The Morgan fingerprint density at radius 3 is 2.29 bits per heavy atom. The van der Waals surface area contributed by atoms with Gasteiger partial charge >= 0.3 is 6.16 Å². The quantitative estimate of drug-likeness (QED) is 0.451. The molecule has 0 atom stereocenters. The molecule has 3 heterocycles. The predicted molar refractivity (Wildman–Crippen MR) is 133 cm³/mol. The average Bonchev–Trinajstić information content (AvgIpc) is 2.79. The fourth-order valence-electron chi connectivity index (χ4n) is 4.32. The maximum Gasteiger partial charge on any atom is 0.503 e. The fraction of sp³-hybridized carbons (Fsp3) is 0.417. The molecule has 186 valence electrons. The number of hydrogen-bond donors (Lipinski definition) is 3. The summed E-state index contributed by atoms with van der Waals surface area (Å²) in [7, 11) is 3.91. The van der Waals surface area contributed by atoms with Crippen molar-refractivity contribution in [3.8, 4) is 0 Å². The van der Waals surface area contributed by atoms with Gasteiger partial charge in [0, 0.05) is 31.7 Å². The highest BCUT2D eigenvalue weighted by Gasteiger charge is 2.25. The summed E-state index contributed by atoms with van der Waals surface area (Å²) >= 11 is 0. The molecule has 0 radical (unpaired) electrons. The third-order valence-electron chi connectivity index (χ3n) is 6.00. The number of carbonyl (C=O) groups excluding carboxylic acids is 1. The van der Waals surface area contributed by atoms with Crippen LogP contribution in [0.2, 0.25) is 0 Å². The standard InChI is InChI=1S/C23H28N6O2.CH2O3/c1-14-18-13-25-23(26-19-11-10-17(12-24-19)28(3)4)27-21(18)29(16-8-6-5-7-9-16)22(31)20(14)15(2)30;2-1(3)4/h10-13,16H,5-9H2,1-4H3,(H,24,25,26,27);(H2,2,3,4). The lowest BCUT2D eigenvalue weighted by Gasteiger charge is -2.26. The monoisotopic (exact) mass is 482 g/mol. The maximum absolute atomic E-state index is 13.4. The van der Waals surface area contributed by atoms with Crippen LogP contribution < -0.4 is 15.8 Å². The number of hydrogen-bond acceptors (Lipinski definition) is 8. The molecule has 1 fully saturated rings. The number of pyridine rings is 2. The molecule has 0 amide bonds. The van der Waals surface area contributed by atoms with Crippen molar-refractivity contribution in [1.82, 2.24) is 19.5 Å². The van der Waals surface area contributed by atoms with Gasteiger partial charge in [0.25, 0.3) is 5.56 Å². The van der Waals surface area contributed by atoms with Gasteiger partial charge in [0.1, 0.15) is 11.5 Å². The van der Waals surface area contributed by atoms with Gasteiger partial charge in [-0.15, -0.1) is 0 Å². The second-order valence-corrected chi connectivity index (χ2v) is 8.66. The van der Waals surface area contributed by atoms with Crippen molar-refractivity contribution >= 4 is 40.4 Å². The van der Waals surface area contributed by atoms with Crippen molar-refractivity contribution in [2.45, 2.75) is 52.0 Å². The topological polar surface area (TPSA) is 151 Å². The average molecular weight is 483 g/mol. The Balaban J connectivity index is 0.000000795. The zero-order valence-electron chi connectivity index (χ0n) is 20.3. The zero-order chi connectivity index (χ0) is 25.7. The molecular weight excluding hydrogens is 452 g/mol. The molecule has 0 unspecified atom stereocenters. The van der Waals surface area contributed by atoms with E-state index in [4.69, 9.17) is 20.0 Å². The second-order valence-electron chi connectivity index (χ2n) is 8.66. The number of anilines is 3. The van der Waals surface area contributed by atoms with Crippen molar-refractivity contribution in [3.05, 3.63) is 46.0 Å². The van der Waals surface area contributed by atoms with Gasteiger partial charge in [-0.25, -0.2) is 14.8 Å². The van der Waals surface area contributed by atoms with Crippen molar-refractivity contribution < 1.29 is 19.8 Å². The summed E-state index contributed by atoms with van der Waals surface area (Å²) in [6.07, 6.45) is 6.76. The number of nitrogens with zero attached hydrogens (tertiary/aromatic N) is 5. The zero-order valence-corrected chi connectivity index (χ0v) is 20.3. The number of ketones is 1. The number of aryl methyl sites for hydroxylation is 1. The van der Waals surface area contributed by atoms with E-state index in [0.29, 0.717) is 23.0 Å². The molecule has 35 heavy (non-hydrogen) atoms. The van der Waals surface area contributed by atoms with E-state index in [1.165, 1.54) is 13.3 Å². The fourth-order valence-corrected chi connectivity index (χ4v) is 4.32. The van der Waals surface area contributed by atoms with E-state index in [2.05, 4.69) is 15.3 Å². The van der Waals surface area contributed by atoms with Crippen LogP contribution in [0.3, 0.4) is 0 Å². The van der Waals surface area contributed by atoms with E-state index in [1.54, 1.807) is 23.9 Å². The number of carbonyl (C=O) groups is 2. The third-order valence-corrected chi connectivity index (χ3v) is 6.00. The Bertz CT molecular complexity index is 1280.